The van der Waals surface area contributed by atoms with E-state index in [1.807, 2.05) is 10.6 Å². The van der Waals surface area contributed by atoms with Gasteiger partial charge in [0, 0.05) is 35.9 Å². The van der Waals surface area contributed by atoms with Crippen molar-refractivity contribution < 1.29 is 37.2 Å². The Morgan fingerprint density at radius 1 is 1.42 bits per heavy atom. The number of carbonyl (C=O) groups is 3. The standard InChI is InChI=1S/C20H24N6O7S3/c1-36(31,32)9-7-33-20(30)22-4-8-34-13-2-3-14-24(5-6-25(14)23-13)10-12-11-35-18-15(21)17(27)26(18)16(12)19(28)29/h2-3,5-6,15,18H,4,7-11,21H2,1H3,(H-,22,28,29,30)/t15-,18-/m1/s1. The molecule has 0 saturated carbocycles. The molecule has 0 bridgehead atoms. The molecule has 2 aromatic heterocycles. The van der Waals surface area contributed by atoms with Gasteiger partial charge in [0.05, 0.1) is 17.4 Å². The third kappa shape index (κ3) is 5.77. The number of imidazole rings is 1. The first-order valence-electron chi connectivity index (χ1n) is 10.8. The summed E-state index contributed by atoms with van der Waals surface area (Å²) in [5, 5.41) is 19.2. The van der Waals surface area contributed by atoms with E-state index in [4.69, 9.17) is 10.5 Å². The molecule has 4 heterocycles. The number of carboxylic acid groups (broad SMARTS) is 1. The second-order valence-electron chi connectivity index (χ2n) is 8.12. The lowest BCUT2D eigenvalue weighted by Crippen LogP contribution is -2.69. The highest BCUT2D eigenvalue weighted by Gasteiger charge is 2.50. The van der Waals surface area contributed by atoms with Crippen LogP contribution in [0.15, 0.2) is 40.8 Å². The van der Waals surface area contributed by atoms with Crippen molar-refractivity contribution in [2.24, 2.45) is 5.73 Å². The second-order valence-corrected chi connectivity index (χ2v) is 12.6. The molecule has 0 aromatic carbocycles. The van der Waals surface area contributed by atoms with Crippen molar-refractivity contribution in [1.29, 1.82) is 0 Å². The molecular formula is C20H24N6O7S3. The van der Waals surface area contributed by atoms with Crippen LogP contribution in [-0.2, 0) is 30.7 Å². The molecule has 0 spiro atoms. The molecule has 2 aliphatic rings. The summed E-state index contributed by atoms with van der Waals surface area (Å²) >= 11 is 2.83. The van der Waals surface area contributed by atoms with Crippen LogP contribution in [0, 0.1) is 0 Å². The van der Waals surface area contributed by atoms with Gasteiger partial charge in [0.1, 0.15) is 35.8 Å². The van der Waals surface area contributed by atoms with Gasteiger partial charge in [-0.2, -0.15) is 0 Å². The van der Waals surface area contributed by atoms with Gasteiger partial charge in [0.15, 0.2) is 16.0 Å². The maximum Gasteiger partial charge on any atom is 0.407 e. The number of β-lactam (4-membered cyclic amide) rings is 1. The molecule has 36 heavy (non-hydrogen) atoms. The van der Waals surface area contributed by atoms with E-state index in [0.29, 0.717) is 28.6 Å². The van der Waals surface area contributed by atoms with Gasteiger partial charge in [-0.15, -0.1) is 28.0 Å². The van der Waals surface area contributed by atoms with Crippen molar-refractivity contribution in [2.75, 3.05) is 36.7 Å². The number of alkyl carbamates (subject to hydrolysis) is 1. The number of thioether (sulfide) groups is 2. The molecule has 2 aromatic rings. The van der Waals surface area contributed by atoms with Gasteiger partial charge in [-0.3, -0.25) is 9.69 Å². The molecule has 13 nitrogen and oxygen atoms in total. The summed E-state index contributed by atoms with van der Waals surface area (Å²) in [5.41, 5.74) is 6.95. The van der Waals surface area contributed by atoms with Crippen LogP contribution < -0.4 is 20.7 Å². The first-order valence-corrected chi connectivity index (χ1v) is 14.9. The zero-order valence-electron chi connectivity index (χ0n) is 19.2. The lowest BCUT2D eigenvalue weighted by molar-refractivity contribution is -0.662. The Bertz CT molecular complexity index is 1340. The lowest BCUT2D eigenvalue weighted by Gasteiger charge is -2.49. The number of carboxylic acids is 1. The number of sulfone groups is 1. The number of nitrogens with zero attached hydrogens (tertiary/aromatic N) is 4. The summed E-state index contributed by atoms with van der Waals surface area (Å²) in [6, 6.07) is 2.94. The fraction of sp³-hybridized carbons (Fsp3) is 0.450. The monoisotopic (exact) mass is 556 g/mol. The first-order chi connectivity index (χ1) is 17.0. The van der Waals surface area contributed by atoms with Crippen LogP contribution in [0.1, 0.15) is 0 Å². The normalized spacial score (nSPS) is 19.7. The fourth-order valence-electron chi connectivity index (χ4n) is 3.72. The quantitative estimate of drug-likeness (QED) is 0.139. The van der Waals surface area contributed by atoms with Crippen molar-refractivity contribution >= 4 is 57.0 Å². The number of nitrogens with two attached hydrogens (primary N) is 1. The summed E-state index contributed by atoms with van der Waals surface area (Å²) in [5.74, 6) is -1.13. The predicted octanol–water partition coefficient (Wildman–Crippen LogP) is -2.27. The van der Waals surface area contributed by atoms with E-state index in [1.165, 1.54) is 28.4 Å². The van der Waals surface area contributed by atoms with Gasteiger partial charge in [0.25, 0.3) is 0 Å². The molecule has 2 aliphatic heterocycles. The second kappa shape index (κ2) is 10.7. The average Bonchev–Trinajstić information content (AvgIpc) is 3.22. The third-order valence-corrected chi connectivity index (χ3v) is 8.64. The molecule has 0 unspecified atom stereocenters. The van der Waals surface area contributed by atoms with Gasteiger partial charge in [0.2, 0.25) is 5.91 Å². The molecule has 16 heteroatoms. The van der Waals surface area contributed by atoms with Gasteiger partial charge >= 0.3 is 11.7 Å². The summed E-state index contributed by atoms with van der Waals surface area (Å²) in [4.78, 5) is 36.7. The maximum atomic E-state index is 12.1. The summed E-state index contributed by atoms with van der Waals surface area (Å²) in [6.07, 6.45) is 3.89. The molecule has 2 amide bonds. The fourth-order valence-corrected chi connectivity index (χ4v) is 6.11. The van der Waals surface area contributed by atoms with E-state index in [9.17, 15) is 27.9 Å². The van der Waals surface area contributed by atoms with Gasteiger partial charge in [-0.25, -0.2) is 17.8 Å². The Hall–Kier alpha value is -2.82. The average molecular weight is 557 g/mol. The zero-order chi connectivity index (χ0) is 26.0. The number of aliphatic carboxylic acids is 1. The molecule has 4 rings (SSSR count). The Balaban J connectivity index is 1.34. The predicted molar refractivity (Wildman–Crippen MR) is 128 cm³/mol. The van der Waals surface area contributed by atoms with Crippen molar-refractivity contribution in [1.82, 2.24) is 19.8 Å². The van der Waals surface area contributed by atoms with Crippen LogP contribution in [-0.4, -0.2) is 89.0 Å². The van der Waals surface area contributed by atoms with E-state index >= 15 is 0 Å². The molecule has 0 aliphatic carbocycles. The van der Waals surface area contributed by atoms with E-state index in [1.54, 1.807) is 23.0 Å². The number of amides is 2. The number of ether oxygens (including phenoxy) is 1. The minimum atomic E-state index is -3.19. The Labute approximate surface area is 214 Å². The van der Waals surface area contributed by atoms with Crippen LogP contribution in [0.5, 0.6) is 0 Å². The van der Waals surface area contributed by atoms with Crippen molar-refractivity contribution in [2.45, 2.75) is 23.0 Å². The molecular weight excluding hydrogens is 532 g/mol. The summed E-state index contributed by atoms with van der Waals surface area (Å²) in [6.45, 7) is 0.343. The third-order valence-electron chi connectivity index (χ3n) is 5.45. The lowest BCUT2D eigenvalue weighted by atomic mass is 10.0. The van der Waals surface area contributed by atoms with Gasteiger partial charge in [-0.1, -0.05) is 5.10 Å². The number of aromatic nitrogens is 3. The van der Waals surface area contributed by atoms with E-state index in [2.05, 4.69) is 10.4 Å². The van der Waals surface area contributed by atoms with Crippen LogP contribution in [0.4, 0.5) is 4.79 Å². The molecule has 3 N–H and O–H groups in total. The van der Waals surface area contributed by atoms with Crippen LogP contribution in [0.3, 0.4) is 0 Å². The zero-order valence-corrected chi connectivity index (χ0v) is 21.6. The number of hydrogen-bond donors (Lipinski definition) is 2. The minimum Gasteiger partial charge on any atom is -0.543 e. The minimum absolute atomic E-state index is 0.111. The highest BCUT2D eigenvalue weighted by atomic mass is 32.2. The SMILES string of the molecule is CS(=O)(=O)CCOC(=O)NCCSc1ccc2n(cc[n+]2CC2=C(C(=O)[O-])N3C(=O)[C@@H](N)[C@H]3SC2)n1. The number of fused-ring (bicyclic) bond motifs is 2. The number of hydrogen-bond acceptors (Lipinski definition) is 11. The molecule has 0 radical (unpaired) electrons. The molecule has 1 saturated heterocycles. The van der Waals surface area contributed by atoms with Crippen LogP contribution >= 0.6 is 23.5 Å². The van der Waals surface area contributed by atoms with Crippen LogP contribution in [0.25, 0.3) is 5.65 Å². The number of rotatable bonds is 10. The van der Waals surface area contributed by atoms with Gasteiger partial charge < -0.3 is 25.7 Å². The first kappa shape index (κ1) is 26.2. The van der Waals surface area contributed by atoms with Gasteiger partial charge in [-0.05, 0) is 6.07 Å². The number of nitrogens with one attached hydrogen (secondary N) is 1. The Morgan fingerprint density at radius 2 is 2.19 bits per heavy atom. The van der Waals surface area contributed by atoms with Crippen molar-refractivity contribution in [3.63, 3.8) is 0 Å². The topological polar surface area (TPSA) is 180 Å². The highest BCUT2D eigenvalue weighted by molar-refractivity contribution is 8.00. The van der Waals surface area contributed by atoms with Crippen molar-refractivity contribution in [3.8, 4) is 0 Å². The molecule has 2 atom stereocenters. The Kier molecular flexibility index (Phi) is 7.77. The number of carbonyl (C=O) groups excluding carboxylic acids is 3. The summed E-state index contributed by atoms with van der Waals surface area (Å²) < 4.78 is 30.4. The largest absolute Gasteiger partial charge is 0.543 e. The smallest absolute Gasteiger partial charge is 0.407 e. The molecule has 1 fully saturated rings. The highest BCUT2D eigenvalue weighted by Crippen LogP contribution is 2.39. The van der Waals surface area contributed by atoms with E-state index < -0.39 is 33.8 Å². The maximum absolute atomic E-state index is 12.1. The molecule has 194 valence electrons. The van der Waals surface area contributed by atoms with Crippen LogP contribution in [0.2, 0.25) is 0 Å². The summed E-state index contributed by atoms with van der Waals surface area (Å²) in [7, 11) is -3.19. The van der Waals surface area contributed by atoms with Crippen molar-refractivity contribution in [3.05, 3.63) is 35.8 Å². The Morgan fingerprint density at radius 3 is 2.92 bits per heavy atom. The van der Waals surface area contributed by atoms with E-state index in [-0.39, 0.29) is 30.0 Å². The van der Waals surface area contributed by atoms with E-state index in [0.717, 1.165) is 11.9 Å².